The number of benzene rings is 2. The van der Waals surface area contributed by atoms with Crippen molar-refractivity contribution in [1.82, 2.24) is 4.57 Å². The average molecular weight is 379 g/mol. The highest BCUT2D eigenvalue weighted by molar-refractivity contribution is 6.04. The molecule has 0 radical (unpaired) electrons. The van der Waals surface area contributed by atoms with Gasteiger partial charge in [-0.25, -0.2) is 4.79 Å². The van der Waals surface area contributed by atoms with Crippen molar-refractivity contribution in [1.29, 1.82) is 0 Å². The quantitative estimate of drug-likeness (QED) is 0.636. The van der Waals surface area contributed by atoms with E-state index in [1.807, 2.05) is 0 Å². The molecule has 1 atom stereocenters. The molecule has 0 amide bonds. The molecule has 28 heavy (non-hydrogen) atoms. The Morgan fingerprint density at radius 2 is 1.89 bits per heavy atom. The van der Waals surface area contributed by atoms with E-state index in [-0.39, 0.29) is 18.3 Å². The van der Waals surface area contributed by atoms with Gasteiger partial charge in [0.05, 0.1) is 18.8 Å². The Morgan fingerprint density at radius 1 is 1.14 bits per heavy atom. The fourth-order valence-electron chi connectivity index (χ4n) is 3.41. The molecule has 0 spiro atoms. The van der Waals surface area contributed by atoms with E-state index in [0.29, 0.717) is 34.4 Å². The lowest BCUT2D eigenvalue weighted by molar-refractivity contribution is 0.0162. The van der Waals surface area contributed by atoms with Gasteiger partial charge < -0.3 is 14.2 Å². The van der Waals surface area contributed by atoms with Crippen molar-refractivity contribution in [2.45, 2.75) is 18.9 Å². The predicted molar refractivity (Wildman–Crippen MR) is 105 cm³/mol. The summed E-state index contributed by atoms with van der Waals surface area (Å²) in [6.45, 7) is 0.919. The predicted octanol–water partition coefficient (Wildman–Crippen LogP) is 3.34. The summed E-state index contributed by atoms with van der Waals surface area (Å²) >= 11 is 0. The Balaban J connectivity index is 1.75. The van der Waals surface area contributed by atoms with E-state index >= 15 is 0 Å². The van der Waals surface area contributed by atoms with Crippen LogP contribution in [0.4, 0.5) is 0 Å². The molecule has 0 saturated carbocycles. The Bertz CT molecular complexity index is 1050. The van der Waals surface area contributed by atoms with Gasteiger partial charge in [-0.05, 0) is 43.2 Å². The van der Waals surface area contributed by atoms with Gasteiger partial charge in [0.1, 0.15) is 12.4 Å². The van der Waals surface area contributed by atoms with E-state index in [4.69, 9.17) is 14.2 Å². The standard InChI is InChI=1S/C22H21NO5/c1-26-16-10-8-15(9-11-16)23-13-20(18-6-2-3-7-19(18)21(23)24)22(25)28-14-17-5-4-12-27-17/h2-3,6-11,13,17H,4-5,12,14H2,1H3/t17-/m0/s1. The van der Waals surface area contributed by atoms with Gasteiger partial charge in [-0.3, -0.25) is 9.36 Å². The summed E-state index contributed by atoms with van der Waals surface area (Å²) in [5.74, 6) is 0.225. The summed E-state index contributed by atoms with van der Waals surface area (Å²) in [5, 5.41) is 1.04. The van der Waals surface area contributed by atoms with E-state index in [9.17, 15) is 9.59 Å². The molecule has 1 saturated heterocycles. The molecule has 1 aliphatic heterocycles. The molecule has 6 heteroatoms. The van der Waals surface area contributed by atoms with Crippen molar-refractivity contribution in [3.05, 3.63) is 70.6 Å². The van der Waals surface area contributed by atoms with Crippen LogP contribution >= 0.6 is 0 Å². The largest absolute Gasteiger partial charge is 0.497 e. The monoisotopic (exact) mass is 379 g/mol. The van der Waals surface area contributed by atoms with Crippen LogP contribution in [0.1, 0.15) is 23.2 Å². The smallest absolute Gasteiger partial charge is 0.340 e. The maximum atomic E-state index is 13.0. The summed E-state index contributed by atoms with van der Waals surface area (Å²) < 4.78 is 17.6. The second kappa shape index (κ2) is 7.86. The van der Waals surface area contributed by atoms with Crippen molar-refractivity contribution >= 4 is 16.7 Å². The number of carbonyl (C=O) groups excluding carboxylic acids is 1. The molecule has 0 N–H and O–H groups in total. The minimum absolute atomic E-state index is 0.0530. The highest BCUT2D eigenvalue weighted by Gasteiger charge is 2.21. The summed E-state index contributed by atoms with van der Waals surface area (Å²) in [6.07, 6.45) is 3.36. The number of hydrogen-bond donors (Lipinski definition) is 0. The maximum Gasteiger partial charge on any atom is 0.340 e. The van der Waals surface area contributed by atoms with Crippen molar-refractivity contribution < 1.29 is 19.0 Å². The molecule has 6 nitrogen and oxygen atoms in total. The number of esters is 1. The third-order valence-electron chi connectivity index (χ3n) is 4.92. The number of nitrogens with zero attached hydrogens (tertiary/aromatic N) is 1. The summed E-state index contributed by atoms with van der Waals surface area (Å²) in [7, 11) is 1.58. The van der Waals surface area contributed by atoms with Crippen molar-refractivity contribution in [2.75, 3.05) is 20.3 Å². The van der Waals surface area contributed by atoms with E-state index in [2.05, 4.69) is 0 Å². The van der Waals surface area contributed by atoms with Gasteiger partial charge in [0.2, 0.25) is 0 Å². The summed E-state index contributed by atoms with van der Waals surface area (Å²) in [5.41, 5.74) is 0.796. The van der Waals surface area contributed by atoms with Crippen molar-refractivity contribution in [3.8, 4) is 11.4 Å². The van der Waals surface area contributed by atoms with Crippen LogP contribution in [0.2, 0.25) is 0 Å². The zero-order valence-electron chi connectivity index (χ0n) is 15.6. The fraction of sp³-hybridized carbons (Fsp3) is 0.273. The maximum absolute atomic E-state index is 13.0. The Morgan fingerprint density at radius 3 is 2.57 bits per heavy atom. The van der Waals surface area contributed by atoms with Gasteiger partial charge in [-0.1, -0.05) is 18.2 Å². The van der Waals surface area contributed by atoms with Crippen LogP contribution in [0.25, 0.3) is 16.5 Å². The third kappa shape index (κ3) is 3.51. The van der Waals surface area contributed by atoms with Crippen LogP contribution in [0, 0.1) is 0 Å². The van der Waals surface area contributed by atoms with Gasteiger partial charge in [0.25, 0.3) is 5.56 Å². The van der Waals surface area contributed by atoms with Gasteiger partial charge in [0.15, 0.2) is 0 Å². The Kier molecular flexibility index (Phi) is 5.12. The lowest BCUT2D eigenvalue weighted by atomic mass is 10.1. The van der Waals surface area contributed by atoms with Crippen LogP contribution in [-0.4, -0.2) is 37.0 Å². The van der Waals surface area contributed by atoms with E-state index in [0.717, 1.165) is 12.8 Å². The molecule has 4 rings (SSSR count). The first-order valence-electron chi connectivity index (χ1n) is 9.25. The number of carbonyl (C=O) groups is 1. The number of fused-ring (bicyclic) bond motifs is 1. The van der Waals surface area contributed by atoms with Crippen LogP contribution in [0.5, 0.6) is 5.75 Å². The average Bonchev–Trinajstić information content (AvgIpc) is 3.26. The first-order valence-corrected chi connectivity index (χ1v) is 9.25. The second-order valence-corrected chi connectivity index (χ2v) is 6.70. The zero-order chi connectivity index (χ0) is 19.5. The van der Waals surface area contributed by atoms with Crippen LogP contribution < -0.4 is 10.3 Å². The molecule has 0 unspecified atom stereocenters. The number of ether oxygens (including phenoxy) is 3. The van der Waals surface area contributed by atoms with E-state index in [1.165, 1.54) is 4.57 Å². The summed E-state index contributed by atoms with van der Waals surface area (Å²) in [4.78, 5) is 25.8. The molecule has 0 bridgehead atoms. The molecule has 2 aromatic carbocycles. The van der Waals surface area contributed by atoms with Gasteiger partial charge >= 0.3 is 5.97 Å². The van der Waals surface area contributed by atoms with E-state index in [1.54, 1.807) is 61.8 Å². The summed E-state index contributed by atoms with van der Waals surface area (Å²) in [6, 6.07) is 14.2. The van der Waals surface area contributed by atoms with Gasteiger partial charge in [-0.15, -0.1) is 0 Å². The third-order valence-corrected chi connectivity index (χ3v) is 4.92. The molecule has 2 heterocycles. The molecule has 1 fully saturated rings. The lowest BCUT2D eigenvalue weighted by Crippen LogP contribution is -2.23. The number of hydrogen-bond acceptors (Lipinski definition) is 5. The minimum atomic E-state index is -0.464. The SMILES string of the molecule is COc1ccc(-n2cc(C(=O)OC[C@@H]3CCCO3)c3ccccc3c2=O)cc1. The first kappa shape index (κ1) is 18.3. The molecule has 3 aromatic rings. The first-order chi connectivity index (χ1) is 13.7. The second-order valence-electron chi connectivity index (χ2n) is 6.70. The lowest BCUT2D eigenvalue weighted by Gasteiger charge is -2.14. The highest BCUT2D eigenvalue weighted by atomic mass is 16.6. The Labute approximate surface area is 162 Å². The number of methoxy groups -OCH3 is 1. The fourth-order valence-corrected chi connectivity index (χ4v) is 3.41. The van der Waals surface area contributed by atoms with Crippen molar-refractivity contribution in [3.63, 3.8) is 0 Å². The van der Waals surface area contributed by atoms with Crippen LogP contribution in [-0.2, 0) is 9.47 Å². The van der Waals surface area contributed by atoms with Crippen LogP contribution in [0.3, 0.4) is 0 Å². The van der Waals surface area contributed by atoms with E-state index < -0.39 is 5.97 Å². The number of rotatable bonds is 5. The molecule has 1 aliphatic rings. The molecule has 1 aromatic heterocycles. The van der Waals surface area contributed by atoms with Crippen LogP contribution in [0.15, 0.2) is 59.5 Å². The number of aromatic nitrogens is 1. The minimum Gasteiger partial charge on any atom is -0.497 e. The normalized spacial score (nSPS) is 16.2. The van der Waals surface area contributed by atoms with Crippen molar-refractivity contribution in [2.24, 2.45) is 0 Å². The molecular formula is C22H21NO5. The zero-order valence-corrected chi connectivity index (χ0v) is 15.6. The topological polar surface area (TPSA) is 66.8 Å². The molecular weight excluding hydrogens is 358 g/mol. The molecule has 144 valence electrons. The van der Waals surface area contributed by atoms with Gasteiger partial charge in [-0.2, -0.15) is 0 Å². The van der Waals surface area contributed by atoms with Gasteiger partial charge in [0, 0.05) is 29.3 Å². The Hall–Kier alpha value is -3.12. The molecule has 0 aliphatic carbocycles. The highest BCUT2D eigenvalue weighted by Crippen LogP contribution is 2.21. The number of pyridine rings is 1.